The van der Waals surface area contributed by atoms with Gasteiger partial charge in [0.15, 0.2) is 0 Å². The monoisotopic (exact) mass is 498 g/mol. The number of hydrogen-bond donors (Lipinski definition) is 0. The van der Waals surface area contributed by atoms with E-state index in [9.17, 15) is 22.8 Å². The smallest absolute Gasteiger partial charge is 0.378 e. The van der Waals surface area contributed by atoms with E-state index in [4.69, 9.17) is 27.9 Å². The van der Waals surface area contributed by atoms with Gasteiger partial charge in [0.2, 0.25) is 5.78 Å². The SMILES string of the molecule is Cc1cc(C(F)(F)F)cc2c1cc(C(=O)c1c(Cl)ccc(C(=O)N3CCOCC3)c1Cl)n2C. The zero-order valence-electron chi connectivity index (χ0n) is 17.7. The molecule has 3 aromatic rings. The molecule has 1 amide bonds. The Bertz CT molecular complexity index is 1280. The number of fused-ring (bicyclic) bond motifs is 1. The van der Waals surface area contributed by atoms with E-state index in [2.05, 4.69) is 0 Å². The first-order valence-electron chi connectivity index (χ1n) is 10.1. The number of morpholine rings is 1. The molecule has 0 saturated carbocycles. The Morgan fingerprint density at radius 3 is 2.36 bits per heavy atom. The number of halogens is 5. The van der Waals surface area contributed by atoms with Crippen LogP contribution in [0.2, 0.25) is 10.0 Å². The van der Waals surface area contributed by atoms with Gasteiger partial charge in [0.05, 0.1) is 45.6 Å². The van der Waals surface area contributed by atoms with Crippen molar-refractivity contribution < 1.29 is 27.5 Å². The fourth-order valence-electron chi connectivity index (χ4n) is 3.98. The summed E-state index contributed by atoms with van der Waals surface area (Å²) in [7, 11) is 1.50. The van der Waals surface area contributed by atoms with Crippen LogP contribution in [0.25, 0.3) is 10.9 Å². The molecule has 10 heteroatoms. The molecule has 33 heavy (non-hydrogen) atoms. The number of ether oxygens (including phenoxy) is 1. The highest BCUT2D eigenvalue weighted by atomic mass is 35.5. The van der Waals surface area contributed by atoms with Gasteiger partial charge >= 0.3 is 6.18 Å². The van der Waals surface area contributed by atoms with E-state index < -0.39 is 17.5 Å². The molecule has 0 unspecified atom stereocenters. The van der Waals surface area contributed by atoms with E-state index in [1.165, 1.54) is 29.8 Å². The Hall–Kier alpha value is -2.55. The van der Waals surface area contributed by atoms with Crippen LogP contribution < -0.4 is 0 Å². The molecule has 5 nitrogen and oxygen atoms in total. The largest absolute Gasteiger partial charge is 0.416 e. The fraction of sp³-hybridized carbons (Fsp3) is 0.304. The lowest BCUT2D eigenvalue weighted by molar-refractivity contribution is -0.137. The summed E-state index contributed by atoms with van der Waals surface area (Å²) in [4.78, 5) is 28.0. The second-order valence-electron chi connectivity index (χ2n) is 7.83. The van der Waals surface area contributed by atoms with Crippen molar-refractivity contribution in [3.8, 4) is 0 Å². The molecule has 0 radical (unpaired) electrons. The maximum absolute atomic E-state index is 13.5. The summed E-state index contributed by atoms with van der Waals surface area (Å²) in [6.07, 6.45) is -4.52. The molecule has 0 aliphatic carbocycles. The highest BCUT2D eigenvalue weighted by molar-refractivity contribution is 6.42. The van der Waals surface area contributed by atoms with Crippen LogP contribution in [0.1, 0.15) is 37.5 Å². The molecule has 1 aliphatic rings. The van der Waals surface area contributed by atoms with Crippen LogP contribution in [0.15, 0.2) is 30.3 Å². The Kier molecular flexibility index (Phi) is 6.20. The van der Waals surface area contributed by atoms with Crippen LogP contribution in [-0.4, -0.2) is 47.5 Å². The van der Waals surface area contributed by atoms with Gasteiger partial charge in [-0.3, -0.25) is 9.59 Å². The minimum absolute atomic E-state index is 0.0430. The van der Waals surface area contributed by atoms with Crippen molar-refractivity contribution >= 4 is 45.8 Å². The van der Waals surface area contributed by atoms with Gasteiger partial charge in [-0.05, 0) is 42.8 Å². The molecule has 0 N–H and O–H groups in total. The Morgan fingerprint density at radius 1 is 1.06 bits per heavy atom. The summed E-state index contributed by atoms with van der Waals surface area (Å²) in [6, 6.07) is 6.43. The number of rotatable bonds is 3. The summed E-state index contributed by atoms with van der Waals surface area (Å²) >= 11 is 12.8. The van der Waals surface area contributed by atoms with Crippen molar-refractivity contribution in [2.24, 2.45) is 7.05 Å². The number of ketones is 1. The summed E-state index contributed by atoms with van der Waals surface area (Å²) in [5, 5.41) is 0.449. The Morgan fingerprint density at radius 2 is 1.73 bits per heavy atom. The number of aryl methyl sites for hydroxylation is 2. The predicted molar refractivity (Wildman–Crippen MR) is 119 cm³/mol. The minimum Gasteiger partial charge on any atom is -0.378 e. The van der Waals surface area contributed by atoms with Crippen LogP contribution in [0, 0.1) is 6.92 Å². The quantitative estimate of drug-likeness (QED) is 0.447. The van der Waals surface area contributed by atoms with E-state index in [1.54, 1.807) is 11.8 Å². The summed E-state index contributed by atoms with van der Waals surface area (Å²) in [5.74, 6) is -0.940. The lowest BCUT2D eigenvalue weighted by Gasteiger charge is -2.27. The molecular weight excluding hydrogens is 480 g/mol. The predicted octanol–water partition coefficient (Wildman–Crippen LogP) is 5.52. The zero-order valence-corrected chi connectivity index (χ0v) is 19.2. The van der Waals surface area contributed by atoms with Crippen molar-refractivity contribution in [3.05, 3.63) is 68.3 Å². The normalized spacial score (nSPS) is 14.7. The van der Waals surface area contributed by atoms with Crippen molar-refractivity contribution in [1.29, 1.82) is 0 Å². The molecule has 174 valence electrons. The number of aromatic nitrogens is 1. The van der Waals surface area contributed by atoms with Gasteiger partial charge in [-0.1, -0.05) is 23.2 Å². The molecule has 0 atom stereocenters. The maximum atomic E-state index is 13.5. The fourth-order valence-corrected chi connectivity index (χ4v) is 4.60. The van der Waals surface area contributed by atoms with Crippen molar-refractivity contribution in [2.75, 3.05) is 26.3 Å². The topological polar surface area (TPSA) is 51.5 Å². The zero-order chi connectivity index (χ0) is 24.1. The third-order valence-electron chi connectivity index (χ3n) is 5.78. The maximum Gasteiger partial charge on any atom is 0.416 e. The second kappa shape index (κ2) is 8.66. The van der Waals surface area contributed by atoms with E-state index in [-0.39, 0.29) is 38.3 Å². The average molecular weight is 499 g/mol. The van der Waals surface area contributed by atoms with Gasteiger partial charge in [0.25, 0.3) is 5.91 Å². The van der Waals surface area contributed by atoms with Gasteiger partial charge < -0.3 is 14.2 Å². The average Bonchev–Trinajstić information content (AvgIpc) is 3.10. The minimum atomic E-state index is -4.52. The highest BCUT2D eigenvalue weighted by Crippen LogP contribution is 2.36. The van der Waals surface area contributed by atoms with Gasteiger partial charge in [0, 0.05) is 31.0 Å². The van der Waals surface area contributed by atoms with E-state index in [0.29, 0.717) is 37.3 Å². The number of nitrogens with zero attached hydrogens (tertiary/aromatic N) is 2. The summed E-state index contributed by atoms with van der Waals surface area (Å²) in [6.45, 7) is 3.14. The molecule has 0 spiro atoms. The summed E-state index contributed by atoms with van der Waals surface area (Å²) < 4.78 is 46.5. The molecule has 2 heterocycles. The third kappa shape index (κ3) is 4.23. The first-order chi connectivity index (χ1) is 15.5. The number of carbonyl (C=O) groups excluding carboxylic acids is 2. The van der Waals surface area contributed by atoms with Crippen molar-refractivity contribution in [2.45, 2.75) is 13.1 Å². The standard InChI is InChI=1S/C23H19Cl2F3N2O3/c1-12-9-13(23(26,27)28)10-17-15(12)11-18(29(17)2)21(31)19-16(24)4-3-14(20(19)25)22(32)30-5-7-33-8-6-30/h3-4,9-11H,5-8H2,1-2H3. The highest BCUT2D eigenvalue weighted by Gasteiger charge is 2.32. The Labute approximate surface area is 197 Å². The number of amides is 1. The first-order valence-corrected chi connectivity index (χ1v) is 10.8. The molecular formula is C23H19Cl2F3N2O3. The lowest BCUT2D eigenvalue weighted by Crippen LogP contribution is -2.40. The van der Waals surface area contributed by atoms with Gasteiger partial charge in [-0.2, -0.15) is 13.2 Å². The molecule has 1 aromatic heterocycles. The van der Waals surface area contributed by atoms with Crippen LogP contribution in [-0.2, 0) is 18.0 Å². The molecule has 4 rings (SSSR count). The molecule has 1 fully saturated rings. The van der Waals surface area contributed by atoms with Gasteiger partial charge in [-0.25, -0.2) is 0 Å². The number of benzene rings is 2. The number of carbonyl (C=O) groups is 2. The number of alkyl halides is 3. The van der Waals surface area contributed by atoms with Crippen LogP contribution in [0.3, 0.4) is 0 Å². The van der Waals surface area contributed by atoms with E-state index in [0.717, 1.165) is 12.1 Å². The molecule has 1 saturated heterocycles. The van der Waals surface area contributed by atoms with Gasteiger partial charge in [-0.15, -0.1) is 0 Å². The van der Waals surface area contributed by atoms with Crippen molar-refractivity contribution in [3.63, 3.8) is 0 Å². The summed E-state index contributed by atoms with van der Waals surface area (Å²) in [5.41, 5.74) is -0.0203. The van der Waals surface area contributed by atoms with Crippen LogP contribution >= 0.6 is 23.2 Å². The van der Waals surface area contributed by atoms with E-state index in [1.807, 2.05) is 0 Å². The van der Waals surface area contributed by atoms with E-state index >= 15 is 0 Å². The molecule has 0 bridgehead atoms. The third-order valence-corrected chi connectivity index (χ3v) is 6.48. The van der Waals surface area contributed by atoms with Crippen molar-refractivity contribution in [1.82, 2.24) is 9.47 Å². The van der Waals surface area contributed by atoms with Crippen LogP contribution in [0.4, 0.5) is 13.2 Å². The molecule has 2 aromatic carbocycles. The second-order valence-corrected chi connectivity index (χ2v) is 8.62. The van der Waals surface area contributed by atoms with Crippen LogP contribution in [0.5, 0.6) is 0 Å². The van der Waals surface area contributed by atoms with Gasteiger partial charge in [0.1, 0.15) is 0 Å². The molecule has 1 aliphatic heterocycles. The number of hydrogen-bond acceptors (Lipinski definition) is 3. The first kappa shape index (κ1) is 23.6. The Balaban J connectivity index is 1.80. The lowest BCUT2D eigenvalue weighted by atomic mass is 10.0.